The van der Waals surface area contributed by atoms with Gasteiger partial charge in [0.25, 0.3) is 5.56 Å². The molecule has 0 aliphatic carbocycles. The van der Waals surface area contributed by atoms with Gasteiger partial charge < -0.3 is 14.8 Å². The lowest BCUT2D eigenvalue weighted by molar-refractivity contribution is 0.410. The van der Waals surface area contributed by atoms with Crippen LogP contribution in [0.25, 0.3) is 10.9 Å². The number of aromatic nitrogens is 2. The standard InChI is InChI=1S/C16H14N2O3/c1-21-14-5-3-2-4-11(14)6-10-7-12-15(13(19)8-10)17-9-18-16(12)20/h2-5,7-9,19H,6H2,1H3,(H,17,18,20). The first-order valence-corrected chi connectivity index (χ1v) is 6.50. The van der Waals surface area contributed by atoms with Crippen LogP contribution in [-0.2, 0) is 6.42 Å². The molecule has 106 valence electrons. The van der Waals surface area contributed by atoms with Gasteiger partial charge in [-0.2, -0.15) is 0 Å². The predicted molar refractivity (Wildman–Crippen MR) is 79.8 cm³/mol. The van der Waals surface area contributed by atoms with Crippen LogP contribution in [0.1, 0.15) is 11.1 Å². The van der Waals surface area contributed by atoms with Crippen molar-refractivity contribution >= 4 is 10.9 Å². The quantitative estimate of drug-likeness (QED) is 0.772. The maximum Gasteiger partial charge on any atom is 0.258 e. The monoisotopic (exact) mass is 282 g/mol. The first-order chi connectivity index (χ1) is 10.2. The van der Waals surface area contributed by atoms with Crippen molar-refractivity contribution in [1.82, 2.24) is 9.97 Å². The first kappa shape index (κ1) is 13.2. The number of hydrogen-bond acceptors (Lipinski definition) is 4. The van der Waals surface area contributed by atoms with E-state index in [1.165, 1.54) is 6.33 Å². The van der Waals surface area contributed by atoms with E-state index < -0.39 is 0 Å². The summed E-state index contributed by atoms with van der Waals surface area (Å²) in [7, 11) is 1.62. The van der Waals surface area contributed by atoms with Crippen molar-refractivity contribution in [2.24, 2.45) is 0 Å². The van der Waals surface area contributed by atoms with Gasteiger partial charge in [-0.05, 0) is 29.3 Å². The molecular formula is C16H14N2O3. The van der Waals surface area contributed by atoms with Crippen LogP contribution in [0.3, 0.4) is 0 Å². The highest BCUT2D eigenvalue weighted by Gasteiger charge is 2.09. The number of nitrogens with one attached hydrogen (secondary N) is 1. The Hall–Kier alpha value is -2.82. The summed E-state index contributed by atoms with van der Waals surface area (Å²) in [5.74, 6) is 0.778. The Labute approximate surface area is 120 Å². The van der Waals surface area contributed by atoms with Crippen LogP contribution in [0.5, 0.6) is 11.5 Å². The van der Waals surface area contributed by atoms with Gasteiger partial charge in [0, 0.05) is 6.42 Å². The third kappa shape index (κ3) is 2.45. The second kappa shape index (κ2) is 5.28. The number of H-pyrrole nitrogens is 1. The molecule has 5 nitrogen and oxygen atoms in total. The second-order valence-electron chi connectivity index (χ2n) is 4.73. The second-order valence-corrected chi connectivity index (χ2v) is 4.73. The lowest BCUT2D eigenvalue weighted by Gasteiger charge is -2.09. The number of nitrogens with zero attached hydrogens (tertiary/aromatic N) is 1. The molecule has 0 aliphatic heterocycles. The van der Waals surface area contributed by atoms with E-state index in [-0.39, 0.29) is 11.3 Å². The average molecular weight is 282 g/mol. The number of phenolic OH excluding ortho intramolecular Hbond substituents is 1. The zero-order chi connectivity index (χ0) is 14.8. The molecule has 0 spiro atoms. The lowest BCUT2D eigenvalue weighted by Crippen LogP contribution is -2.07. The van der Waals surface area contributed by atoms with E-state index in [9.17, 15) is 9.90 Å². The van der Waals surface area contributed by atoms with Crippen LogP contribution in [-0.4, -0.2) is 22.2 Å². The number of benzene rings is 2. The van der Waals surface area contributed by atoms with Gasteiger partial charge in [0.2, 0.25) is 0 Å². The fourth-order valence-corrected chi connectivity index (χ4v) is 2.39. The van der Waals surface area contributed by atoms with Crippen molar-refractivity contribution in [2.45, 2.75) is 6.42 Å². The highest BCUT2D eigenvalue weighted by atomic mass is 16.5. The number of fused-ring (bicyclic) bond motifs is 1. The van der Waals surface area contributed by atoms with E-state index in [1.54, 1.807) is 19.2 Å². The topological polar surface area (TPSA) is 75.2 Å². The molecule has 0 amide bonds. The summed E-state index contributed by atoms with van der Waals surface area (Å²) in [4.78, 5) is 18.3. The molecule has 5 heteroatoms. The molecule has 3 aromatic rings. The molecule has 2 aromatic carbocycles. The fourth-order valence-electron chi connectivity index (χ4n) is 2.39. The molecule has 0 bridgehead atoms. The molecule has 0 fully saturated rings. The summed E-state index contributed by atoms with van der Waals surface area (Å²) in [5.41, 5.74) is 1.85. The minimum Gasteiger partial charge on any atom is -0.506 e. The first-order valence-electron chi connectivity index (χ1n) is 6.50. The van der Waals surface area contributed by atoms with Crippen LogP contribution < -0.4 is 10.3 Å². The molecular weight excluding hydrogens is 268 g/mol. The minimum atomic E-state index is -0.267. The third-order valence-corrected chi connectivity index (χ3v) is 3.37. The molecule has 0 atom stereocenters. The highest BCUT2D eigenvalue weighted by Crippen LogP contribution is 2.26. The zero-order valence-corrected chi connectivity index (χ0v) is 11.5. The predicted octanol–water partition coefficient (Wildman–Crippen LogP) is 2.23. The molecule has 3 rings (SSSR count). The SMILES string of the molecule is COc1ccccc1Cc1cc(O)c2nc[nH]c(=O)c2c1. The molecule has 2 N–H and O–H groups in total. The van der Waals surface area contributed by atoms with Gasteiger partial charge in [0.05, 0.1) is 18.8 Å². The summed E-state index contributed by atoms with van der Waals surface area (Å²) >= 11 is 0. The Kier molecular flexibility index (Phi) is 3.31. The number of aromatic hydroxyl groups is 1. The van der Waals surface area contributed by atoms with Gasteiger partial charge in [-0.25, -0.2) is 4.98 Å². The van der Waals surface area contributed by atoms with E-state index in [4.69, 9.17) is 4.74 Å². The highest BCUT2D eigenvalue weighted by molar-refractivity contribution is 5.84. The molecule has 0 unspecified atom stereocenters. The van der Waals surface area contributed by atoms with Crippen LogP contribution >= 0.6 is 0 Å². The summed E-state index contributed by atoms with van der Waals surface area (Å²) in [6, 6.07) is 11.0. The lowest BCUT2D eigenvalue weighted by atomic mass is 10.0. The number of phenols is 1. The normalized spacial score (nSPS) is 10.7. The molecule has 21 heavy (non-hydrogen) atoms. The fraction of sp³-hybridized carbons (Fsp3) is 0.125. The zero-order valence-electron chi connectivity index (χ0n) is 11.5. The van der Waals surface area contributed by atoms with Crippen LogP contribution in [0.2, 0.25) is 0 Å². The molecule has 0 saturated carbocycles. The van der Waals surface area contributed by atoms with E-state index >= 15 is 0 Å². The average Bonchev–Trinajstić information content (AvgIpc) is 2.49. The smallest absolute Gasteiger partial charge is 0.258 e. The van der Waals surface area contributed by atoms with Gasteiger partial charge in [-0.3, -0.25) is 4.79 Å². The van der Waals surface area contributed by atoms with Gasteiger partial charge >= 0.3 is 0 Å². The van der Waals surface area contributed by atoms with Gasteiger partial charge in [-0.1, -0.05) is 18.2 Å². The van der Waals surface area contributed by atoms with Crippen molar-refractivity contribution < 1.29 is 9.84 Å². The number of para-hydroxylation sites is 1. The summed E-state index contributed by atoms with van der Waals surface area (Å²) in [5, 5.41) is 10.4. The van der Waals surface area contributed by atoms with Gasteiger partial charge in [0.1, 0.15) is 17.0 Å². The number of ether oxygens (including phenoxy) is 1. The molecule has 0 aliphatic rings. The third-order valence-electron chi connectivity index (χ3n) is 3.37. The van der Waals surface area contributed by atoms with Crippen molar-refractivity contribution in [3.8, 4) is 11.5 Å². The maximum absolute atomic E-state index is 11.8. The van der Waals surface area contributed by atoms with Crippen LogP contribution in [0.15, 0.2) is 47.5 Å². The van der Waals surface area contributed by atoms with Crippen molar-refractivity contribution in [2.75, 3.05) is 7.11 Å². The Morgan fingerprint density at radius 3 is 2.90 bits per heavy atom. The maximum atomic E-state index is 11.8. The number of aromatic amines is 1. The van der Waals surface area contributed by atoms with Crippen LogP contribution in [0, 0.1) is 0 Å². The molecule has 0 saturated heterocycles. The molecule has 1 aromatic heterocycles. The Balaban J connectivity index is 2.09. The summed E-state index contributed by atoms with van der Waals surface area (Å²) < 4.78 is 5.32. The number of methoxy groups -OCH3 is 1. The molecule has 0 radical (unpaired) electrons. The largest absolute Gasteiger partial charge is 0.506 e. The number of rotatable bonds is 3. The van der Waals surface area contributed by atoms with E-state index in [0.717, 1.165) is 16.9 Å². The summed E-state index contributed by atoms with van der Waals surface area (Å²) in [6.45, 7) is 0. The summed E-state index contributed by atoms with van der Waals surface area (Å²) in [6.07, 6.45) is 1.84. The van der Waals surface area contributed by atoms with E-state index in [0.29, 0.717) is 17.3 Å². The van der Waals surface area contributed by atoms with E-state index in [2.05, 4.69) is 9.97 Å². The van der Waals surface area contributed by atoms with Gasteiger partial charge in [0.15, 0.2) is 0 Å². The van der Waals surface area contributed by atoms with Crippen molar-refractivity contribution in [3.63, 3.8) is 0 Å². The van der Waals surface area contributed by atoms with E-state index in [1.807, 2.05) is 24.3 Å². The Morgan fingerprint density at radius 1 is 1.29 bits per heavy atom. The number of hydrogen-bond donors (Lipinski definition) is 2. The van der Waals surface area contributed by atoms with Crippen molar-refractivity contribution in [3.05, 3.63) is 64.2 Å². The molecule has 1 heterocycles. The minimum absolute atomic E-state index is 0.00324. The van der Waals surface area contributed by atoms with Gasteiger partial charge in [-0.15, -0.1) is 0 Å². The Morgan fingerprint density at radius 2 is 2.10 bits per heavy atom. The van der Waals surface area contributed by atoms with Crippen molar-refractivity contribution in [1.29, 1.82) is 0 Å². The van der Waals surface area contributed by atoms with Crippen LogP contribution in [0.4, 0.5) is 0 Å². The Bertz CT molecular complexity index is 856.